The Kier molecular flexibility index (Phi) is 4.98. The number of hydrogen-bond acceptors (Lipinski definition) is 4. The maximum Gasteiger partial charge on any atom is 0.258 e. The Morgan fingerprint density at radius 3 is 2.74 bits per heavy atom. The molecule has 1 fully saturated rings. The van der Waals surface area contributed by atoms with Crippen molar-refractivity contribution >= 4 is 17.3 Å². The molecule has 1 aliphatic heterocycles. The fourth-order valence-corrected chi connectivity index (χ4v) is 2.88. The molecule has 1 aliphatic rings. The van der Waals surface area contributed by atoms with E-state index in [-0.39, 0.29) is 5.91 Å². The molecule has 0 bridgehead atoms. The molecule has 1 aromatic heterocycles. The lowest BCUT2D eigenvalue weighted by Gasteiger charge is -2.29. The molecule has 23 heavy (non-hydrogen) atoms. The van der Waals surface area contributed by atoms with Crippen LogP contribution in [0.2, 0.25) is 0 Å². The summed E-state index contributed by atoms with van der Waals surface area (Å²) in [5.74, 6) is 0.446. The summed E-state index contributed by atoms with van der Waals surface area (Å²) in [6.07, 6.45) is 5.10. The fourth-order valence-electron chi connectivity index (χ4n) is 2.88. The normalized spacial score (nSPS) is 16.7. The molecule has 5 nitrogen and oxygen atoms in total. The Morgan fingerprint density at radius 1 is 1.22 bits per heavy atom. The van der Waals surface area contributed by atoms with E-state index < -0.39 is 0 Å². The smallest absolute Gasteiger partial charge is 0.258 e. The molecule has 0 spiro atoms. The average Bonchev–Trinajstić information content (AvgIpc) is 3.10. The number of hydrogen-bond donors (Lipinski definition) is 2. The highest BCUT2D eigenvalue weighted by Crippen LogP contribution is 2.23. The van der Waals surface area contributed by atoms with Crippen molar-refractivity contribution in [1.82, 2.24) is 0 Å². The van der Waals surface area contributed by atoms with Gasteiger partial charge in [0.05, 0.1) is 11.8 Å². The molecule has 1 aromatic carbocycles. The van der Waals surface area contributed by atoms with Gasteiger partial charge in [0.25, 0.3) is 5.91 Å². The number of rotatable bonds is 5. The van der Waals surface area contributed by atoms with Crippen molar-refractivity contribution < 1.29 is 13.9 Å². The van der Waals surface area contributed by atoms with Crippen LogP contribution in [0, 0.1) is 5.92 Å². The minimum absolute atomic E-state index is 0.173. The number of nitrogens with one attached hydrogen (secondary N) is 2. The maximum atomic E-state index is 12.1. The van der Waals surface area contributed by atoms with Crippen LogP contribution in [0.15, 0.2) is 47.3 Å². The minimum Gasteiger partial charge on any atom is -0.472 e. The molecular weight excluding hydrogens is 292 g/mol. The minimum atomic E-state index is -0.173. The number of amides is 1. The van der Waals surface area contributed by atoms with Gasteiger partial charge in [-0.25, -0.2) is 0 Å². The van der Waals surface area contributed by atoms with E-state index in [4.69, 9.17) is 9.15 Å². The molecule has 0 radical (unpaired) electrons. The van der Waals surface area contributed by atoms with E-state index in [0.717, 1.165) is 37.4 Å². The lowest BCUT2D eigenvalue weighted by Crippen LogP contribution is -2.30. The molecule has 1 atom stereocenters. The third-order valence-corrected chi connectivity index (χ3v) is 4.27. The van der Waals surface area contributed by atoms with Crippen LogP contribution < -0.4 is 10.6 Å². The Morgan fingerprint density at radius 2 is 2.00 bits per heavy atom. The van der Waals surface area contributed by atoms with Crippen LogP contribution >= 0.6 is 0 Å². The van der Waals surface area contributed by atoms with Gasteiger partial charge in [0.2, 0.25) is 0 Å². The van der Waals surface area contributed by atoms with Gasteiger partial charge >= 0.3 is 0 Å². The van der Waals surface area contributed by atoms with Gasteiger partial charge in [-0.3, -0.25) is 4.79 Å². The van der Waals surface area contributed by atoms with Gasteiger partial charge in [0.15, 0.2) is 0 Å². The topological polar surface area (TPSA) is 63.5 Å². The van der Waals surface area contributed by atoms with E-state index in [1.165, 1.54) is 12.5 Å². The quantitative estimate of drug-likeness (QED) is 0.882. The third kappa shape index (κ3) is 4.13. The Bertz CT molecular complexity index is 633. The second-order valence-electron chi connectivity index (χ2n) is 5.93. The van der Waals surface area contributed by atoms with Gasteiger partial charge in [0.1, 0.15) is 6.26 Å². The monoisotopic (exact) mass is 314 g/mol. The van der Waals surface area contributed by atoms with Crippen LogP contribution in [0.25, 0.3) is 0 Å². The van der Waals surface area contributed by atoms with Crippen molar-refractivity contribution in [2.75, 3.05) is 23.8 Å². The van der Waals surface area contributed by atoms with Crippen molar-refractivity contribution in [3.8, 4) is 0 Å². The molecule has 0 aliphatic carbocycles. The van der Waals surface area contributed by atoms with Gasteiger partial charge in [-0.1, -0.05) is 6.07 Å². The summed E-state index contributed by atoms with van der Waals surface area (Å²) in [7, 11) is 0. The highest BCUT2D eigenvalue weighted by atomic mass is 16.5. The van der Waals surface area contributed by atoms with E-state index in [1.807, 2.05) is 24.3 Å². The van der Waals surface area contributed by atoms with Crippen molar-refractivity contribution in [2.45, 2.75) is 25.8 Å². The zero-order valence-electron chi connectivity index (χ0n) is 13.2. The molecule has 0 unspecified atom stereocenters. The van der Waals surface area contributed by atoms with E-state index in [1.54, 1.807) is 6.07 Å². The van der Waals surface area contributed by atoms with Crippen molar-refractivity contribution in [2.24, 2.45) is 5.92 Å². The molecule has 122 valence electrons. The highest BCUT2D eigenvalue weighted by Gasteiger charge is 2.20. The first-order valence-corrected chi connectivity index (χ1v) is 8.00. The lowest BCUT2D eigenvalue weighted by molar-refractivity contribution is 0.0622. The predicted octanol–water partition coefficient (Wildman–Crippen LogP) is 3.76. The third-order valence-electron chi connectivity index (χ3n) is 4.27. The maximum absolute atomic E-state index is 12.1. The summed E-state index contributed by atoms with van der Waals surface area (Å²) in [6.45, 7) is 3.89. The predicted molar refractivity (Wildman–Crippen MR) is 89.7 cm³/mol. The summed E-state index contributed by atoms with van der Waals surface area (Å²) in [4.78, 5) is 12.1. The zero-order chi connectivity index (χ0) is 16.1. The van der Waals surface area contributed by atoms with Gasteiger partial charge in [-0.2, -0.15) is 0 Å². The average molecular weight is 314 g/mol. The molecule has 2 aromatic rings. The van der Waals surface area contributed by atoms with Crippen LogP contribution in [0.5, 0.6) is 0 Å². The SMILES string of the molecule is C[C@H](Nc1cccc(NC(=O)c2ccoc2)c1)C1CCOCC1. The van der Waals surface area contributed by atoms with Gasteiger partial charge in [-0.05, 0) is 49.9 Å². The number of anilines is 2. The summed E-state index contributed by atoms with van der Waals surface area (Å²) in [5.41, 5.74) is 2.29. The summed E-state index contributed by atoms with van der Waals surface area (Å²) in [6, 6.07) is 9.80. The fraction of sp³-hybridized carbons (Fsp3) is 0.389. The van der Waals surface area contributed by atoms with Crippen LogP contribution in [-0.2, 0) is 4.74 Å². The molecular formula is C18H22N2O3. The standard InChI is InChI=1S/C18H22N2O3/c1-13(14-5-8-22-9-6-14)19-16-3-2-4-17(11-16)20-18(21)15-7-10-23-12-15/h2-4,7,10-14,19H,5-6,8-9H2,1H3,(H,20,21)/t13-/m0/s1. The van der Waals surface area contributed by atoms with Crippen LogP contribution in [-0.4, -0.2) is 25.2 Å². The Hall–Kier alpha value is -2.27. The second kappa shape index (κ2) is 7.33. The summed E-state index contributed by atoms with van der Waals surface area (Å²) in [5, 5.41) is 6.41. The molecule has 5 heteroatoms. The van der Waals surface area contributed by atoms with Gasteiger partial charge in [-0.15, -0.1) is 0 Å². The molecule has 1 amide bonds. The first-order valence-electron chi connectivity index (χ1n) is 8.00. The van der Waals surface area contributed by atoms with Crippen LogP contribution in [0.4, 0.5) is 11.4 Å². The zero-order valence-corrected chi connectivity index (χ0v) is 13.2. The van der Waals surface area contributed by atoms with Crippen molar-refractivity contribution in [3.05, 3.63) is 48.4 Å². The van der Waals surface area contributed by atoms with E-state index in [2.05, 4.69) is 17.6 Å². The highest BCUT2D eigenvalue weighted by molar-refractivity contribution is 6.04. The van der Waals surface area contributed by atoms with E-state index in [0.29, 0.717) is 17.5 Å². The number of ether oxygens (including phenoxy) is 1. The van der Waals surface area contributed by atoms with E-state index >= 15 is 0 Å². The molecule has 0 saturated carbocycles. The molecule has 1 saturated heterocycles. The second-order valence-corrected chi connectivity index (χ2v) is 5.93. The lowest BCUT2D eigenvalue weighted by atomic mass is 9.93. The number of carbonyl (C=O) groups is 1. The number of benzene rings is 1. The van der Waals surface area contributed by atoms with Gasteiger partial charge < -0.3 is 19.8 Å². The van der Waals surface area contributed by atoms with Crippen molar-refractivity contribution in [3.63, 3.8) is 0 Å². The van der Waals surface area contributed by atoms with Gasteiger partial charge in [0, 0.05) is 30.6 Å². The summed E-state index contributed by atoms with van der Waals surface area (Å²) < 4.78 is 10.3. The Balaban J connectivity index is 1.61. The molecule has 2 heterocycles. The largest absolute Gasteiger partial charge is 0.472 e. The van der Waals surface area contributed by atoms with Crippen molar-refractivity contribution in [1.29, 1.82) is 0 Å². The molecule has 2 N–H and O–H groups in total. The van der Waals surface area contributed by atoms with Crippen LogP contribution in [0.3, 0.4) is 0 Å². The van der Waals surface area contributed by atoms with E-state index in [9.17, 15) is 4.79 Å². The first kappa shape index (κ1) is 15.6. The number of furan rings is 1. The molecule has 3 rings (SSSR count). The number of carbonyl (C=O) groups excluding carboxylic acids is 1. The first-order chi connectivity index (χ1) is 11.2. The Labute approximate surface area is 136 Å². The summed E-state index contributed by atoms with van der Waals surface area (Å²) >= 11 is 0. The van der Waals surface area contributed by atoms with Crippen LogP contribution in [0.1, 0.15) is 30.1 Å².